The number of carbonyl (C=O) groups excluding carboxylic acids is 2. The normalized spacial score (nSPS) is 13.7. The highest BCUT2D eigenvalue weighted by atomic mass is 32.1. The van der Waals surface area contributed by atoms with Crippen LogP contribution in [0, 0.1) is 0 Å². The highest BCUT2D eigenvalue weighted by molar-refractivity contribution is 7.80. The minimum atomic E-state index is -0.177. The van der Waals surface area contributed by atoms with Crippen molar-refractivity contribution < 1.29 is 14.3 Å². The summed E-state index contributed by atoms with van der Waals surface area (Å²) in [7, 11) is 1.40. The van der Waals surface area contributed by atoms with Crippen molar-refractivity contribution in [2.45, 2.75) is 64.2 Å². The average Bonchev–Trinajstić information content (AvgIpc) is 3.04. The molecular weight excluding hydrogens is 382 g/mol. The van der Waals surface area contributed by atoms with E-state index in [0.29, 0.717) is 18.1 Å². The standard InChI is InChI=1S/C19H29N3O3S2/c1-25-17(23)11-7-4-8-12-20-19(26)22-21-18(24)16-13-14-9-5-2-3-6-10-15(14)27-16/h13H,2-12H2,1H3,(H,21,24)(H2,20,22,26). The fraction of sp³-hybridized carbons (Fsp3) is 0.632. The molecule has 150 valence electrons. The Bertz CT molecular complexity index is 621. The lowest BCUT2D eigenvalue weighted by atomic mass is 10.00. The Morgan fingerprint density at radius 2 is 1.89 bits per heavy atom. The molecule has 0 saturated heterocycles. The van der Waals surface area contributed by atoms with Gasteiger partial charge in [0, 0.05) is 17.8 Å². The van der Waals surface area contributed by atoms with Gasteiger partial charge in [0.1, 0.15) is 0 Å². The molecule has 0 radical (unpaired) electrons. The van der Waals surface area contributed by atoms with E-state index in [2.05, 4.69) is 20.9 Å². The molecule has 0 atom stereocenters. The van der Waals surface area contributed by atoms with E-state index in [1.807, 2.05) is 6.07 Å². The third kappa shape index (κ3) is 7.84. The van der Waals surface area contributed by atoms with Gasteiger partial charge in [0.2, 0.25) is 0 Å². The number of amides is 1. The molecule has 0 unspecified atom stereocenters. The van der Waals surface area contributed by atoms with Crippen LogP contribution in [0.4, 0.5) is 0 Å². The van der Waals surface area contributed by atoms with E-state index in [1.165, 1.54) is 43.2 Å². The predicted octanol–water partition coefficient (Wildman–Crippen LogP) is 3.25. The van der Waals surface area contributed by atoms with Gasteiger partial charge < -0.3 is 10.1 Å². The second-order valence-electron chi connectivity index (χ2n) is 6.70. The van der Waals surface area contributed by atoms with Crippen molar-refractivity contribution in [2.75, 3.05) is 13.7 Å². The number of nitrogens with one attached hydrogen (secondary N) is 3. The fourth-order valence-electron chi connectivity index (χ4n) is 3.05. The molecule has 1 heterocycles. The number of hydrazine groups is 1. The van der Waals surface area contributed by atoms with Crippen LogP contribution >= 0.6 is 23.6 Å². The van der Waals surface area contributed by atoms with Crippen LogP contribution in [0.15, 0.2) is 6.07 Å². The quantitative estimate of drug-likeness (QED) is 0.277. The molecule has 0 aromatic carbocycles. The molecule has 0 bridgehead atoms. The zero-order valence-corrected chi connectivity index (χ0v) is 17.5. The number of esters is 1. The van der Waals surface area contributed by atoms with E-state index < -0.39 is 0 Å². The Balaban J connectivity index is 1.64. The van der Waals surface area contributed by atoms with Gasteiger partial charge in [-0.1, -0.05) is 19.3 Å². The predicted molar refractivity (Wildman–Crippen MR) is 112 cm³/mol. The van der Waals surface area contributed by atoms with Gasteiger partial charge in [-0.3, -0.25) is 20.4 Å². The van der Waals surface area contributed by atoms with Crippen molar-refractivity contribution in [1.29, 1.82) is 0 Å². The molecule has 1 aromatic heterocycles. The molecule has 1 aromatic rings. The van der Waals surface area contributed by atoms with Gasteiger partial charge in [-0.2, -0.15) is 0 Å². The van der Waals surface area contributed by atoms with Crippen molar-refractivity contribution in [3.63, 3.8) is 0 Å². The number of fused-ring (bicyclic) bond motifs is 1. The van der Waals surface area contributed by atoms with E-state index in [1.54, 1.807) is 11.3 Å². The van der Waals surface area contributed by atoms with Crippen molar-refractivity contribution in [1.82, 2.24) is 16.2 Å². The lowest BCUT2D eigenvalue weighted by Crippen LogP contribution is -2.46. The van der Waals surface area contributed by atoms with E-state index in [0.717, 1.165) is 37.0 Å². The minimum absolute atomic E-state index is 0.144. The first kappa shape index (κ1) is 21.6. The smallest absolute Gasteiger partial charge is 0.305 e. The minimum Gasteiger partial charge on any atom is -0.469 e. The Hall–Kier alpha value is -1.67. The molecule has 2 rings (SSSR count). The van der Waals surface area contributed by atoms with Gasteiger partial charge in [-0.25, -0.2) is 0 Å². The number of thiocarbonyl (C=S) groups is 1. The lowest BCUT2D eigenvalue weighted by molar-refractivity contribution is -0.140. The summed E-state index contributed by atoms with van der Waals surface area (Å²) in [6, 6.07) is 2.03. The number of hydrogen-bond donors (Lipinski definition) is 3. The molecule has 6 nitrogen and oxygen atoms in total. The summed E-state index contributed by atoms with van der Waals surface area (Å²) in [6.07, 6.45) is 10.2. The summed E-state index contributed by atoms with van der Waals surface area (Å²) < 4.78 is 4.60. The van der Waals surface area contributed by atoms with Gasteiger partial charge >= 0.3 is 5.97 Å². The molecule has 1 amide bonds. The first-order valence-electron chi connectivity index (χ1n) is 9.62. The summed E-state index contributed by atoms with van der Waals surface area (Å²) in [4.78, 5) is 25.5. The molecular formula is C19H29N3O3S2. The number of hydrogen-bond acceptors (Lipinski definition) is 5. The maximum atomic E-state index is 12.4. The van der Waals surface area contributed by atoms with Crippen LogP contribution in [0.5, 0.6) is 0 Å². The van der Waals surface area contributed by atoms with Gasteiger partial charge in [0.05, 0.1) is 12.0 Å². The Morgan fingerprint density at radius 3 is 2.67 bits per heavy atom. The second-order valence-corrected chi connectivity index (χ2v) is 8.24. The SMILES string of the molecule is COC(=O)CCCCCNC(=S)NNC(=O)c1cc2c(s1)CCCCCC2. The van der Waals surface area contributed by atoms with Gasteiger partial charge in [-0.15, -0.1) is 11.3 Å². The maximum Gasteiger partial charge on any atom is 0.305 e. The number of unbranched alkanes of at least 4 members (excludes halogenated alkanes) is 2. The third-order valence-corrected chi connectivity index (χ3v) is 6.06. The topological polar surface area (TPSA) is 79.5 Å². The van der Waals surface area contributed by atoms with Crippen molar-refractivity contribution in [3.8, 4) is 0 Å². The summed E-state index contributed by atoms with van der Waals surface area (Å²) in [5, 5.41) is 3.44. The Kier molecular flexibility index (Phi) is 9.55. The van der Waals surface area contributed by atoms with E-state index in [4.69, 9.17) is 12.2 Å². The van der Waals surface area contributed by atoms with Crippen molar-refractivity contribution in [2.24, 2.45) is 0 Å². The summed E-state index contributed by atoms with van der Waals surface area (Å²) in [6.45, 7) is 0.691. The van der Waals surface area contributed by atoms with Gasteiger partial charge in [0.25, 0.3) is 5.91 Å². The van der Waals surface area contributed by atoms with Crippen LogP contribution in [0.2, 0.25) is 0 Å². The first-order valence-corrected chi connectivity index (χ1v) is 10.8. The Labute approximate surface area is 170 Å². The molecule has 8 heteroatoms. The zero-order valence-electron chi connectivity index (χ0n) is 15.9. The fourth-order valence-corrected chi connectivity index (χ4v) is 4.35. The molecule has 3 N–H and O–H groups in total. The van der Waals surface area contributed by atoms with Gasteiger partial charge in [-0.05, 0) is 62.4 Å². The zero-order chi connectivity index (χ0) is 19.5. The number of ether oxygens (including phenoxy) is 1. The number of carbonyl (C=O) groups is 2. The highest BCUT2D eigenvalue weighted by Gasteiger charge is 2.16. The van der Waals surface area contributed by atoms with Crippen LogP contribution in [0.1, 0.15) is 71.5 Å². The largest absolute Gasteiger partial charge is 0.469 e. The average molecular weight is 412 g/mol. The number of methoxy groups -OCH3 is 1. The number of aryl methyl sites for hydroxylation is 2. The van der Waals surface area contributed by atoms with Crippen LogP contribution in [0.3, 0.4) is 0 Å². The van der Waals surface area contributed by atoms with Crippen LogP contribution < -0.4 is 16.2 Å². The van der Waals surface area contributed by atoms with E-state index in [9.17, 15) is 9.59 Å². The molecule has 1 aliphatic carbocycles. The lowest BCUT2D eigenvalue weighted by Gasteiger charge is -2.10. The van der Waals surface area contributed by atoms with Crippen LogP contribution in [-0.2, 0) is 22.4 Å². The van der Waals surface area contributed by atoms with E-state index >= 15 is 0 Å². The molecule has 1 aliphatic rings. The summed E-state index contributed by atoms with van der Waals surface area (Å²) in [5.74, 6) is -0.321. The number of thiophene rings is 1. The Morgan fingerprint density at radius 1 is 1.11 bits per heavy atom. The maximum absolute atomic E-state index is 12.4. The summed E-state index contributed by atoms with van der Waals surface area (Å²) in [5.41, 5.74) is 6.76. The number of rotatable bonds is 7. The van der Waals surface area contributed by atoms with Crippen LogP contribution in [0.25, 0.3) is 0 Å². The molecule has 0 spiro atoms. The second kappa shape index (κ2) is 11.9. The van der Waals surface area contributed by atoms with Crippen LogP contribution in [-0.4, -0.2) is 30.6 Å². The monoisotopic (exact) mass is 411 g/mol. The first-order chi connectivity index (χ1) is 13.1. The van der Waals surface area contributed by atoms with E-state index in [-0.39, 0.29) is 11.9 Å². The van der Waals surface area contributed by atoms with Crippen molar-refractivity contribution in [3.05, 3.63) is 21.4 Å². The van der Waals surface area contributed by atoms with Gasteiger partial charge in [0.15, 0.2) is 5.11 Å². The summed E-state index contributed by atoms with van der Waals surface area (Å²) >= 11 is 6.77. The van der Waals surface area contributed by atoms with Crippen molar-refractivity contribution >= 4 is 40.5 Å². The third-order valence-electron chi connectivity index (χ3n) is 4.58. The molecule has 27 heavy (non-hydrogen) atoms. The highest BCUT2D eigenvalue weighted by Crippen LogP contribution is 2.28. The molecule has 0 aliphatic heterocycles. The molecule has 0 saturated carbocycles. The molecule has 0 fully saturated rings.